The van der Waals surface area contributed by atoms with Crippen LogP contribution in [0.2, 0.25) is 0 Å². The maximum atomic E-state index is 14.3. The molecule has 13 nitrogen and oxygen atoms in total. The van der Waals surface area contributed by atoms with Crippen LogP contribution in [0.25, 0.3) is 0 Å². The number of hydrogen-bond donors (Lipinski definition) is 4. The molecule has 2 saturated heterocycles. The van der Waals surface area contributed by atoms with Crippen molar-refractivity contribution in [3.8, 4) is 0 Å². The summed E-state index contributed by atoms with van der Waals surface area (Å²) < 4.78 is 5.17. The molecule has 6 amide bonds. The number of hydrogen-bond acceptors (Lipinski definition) is 7. The van der Waals surface area contributed by atoms with E-state index in [2.05, 4.69) is 41.7 Å². The molecule has 6 atom stereocenters. The molecule has 4 N–H and O–H groups in total. The number of Topliss-reactive ketones (excluding diaryl/α,β-unsaturated/α-hetero) is 1. The Kier molecular flexibility index (Phi) is 11.8. The van der Waals surface area contributed by atoms with Gasteiger partial charge in [0.05, 0.1) is 18.7 Å². The van der Waals surface area contributed by atoms with Crippen molar-refractivity contribution in [3.63, 3.8) is 0 Å². The Balaban J connectivity index is 1.81. The number of carbonyl (C=O) groups excluding carboxylic acids is 6. The largest absolute Gasteiger partial charge is 0.449 e. The number of carbonyl (C=O) groups is 6. The number of urea groups is 1. The molecule has 3 fully saturated rings. The minimum atomic E-state index is -1.04. The molecule has 13 heteroatoms. The predicted octanol–water partition coefficient (Wildman–Crippen LogP) is 2.60. The molecular formula is C34H56N6O7. The van der Waals surface area contributed by atoms with Gasteiger partial charge in [0.2, 0.25) is 17.6 Å². The van der Waals surface area contributed by atoms with Gasteiger partial charge in [-0.2, -0.15) is 0 Å². The van der Waals surface area contributed by atoms with Crippen LogP contribution in [0, 0.1) is 28.1 Å². The number of likely N-dealkylation sites (tertiary alicyclic amines) is 1. The first-order chi connectivity index (χ1) is 21.7. The molecule has 0 aromatic heterocycles. The zero-order valence-electron chi connectivity index (χ0n) is 29.7. The molecule has 0 spiro atoms. The van der Waals surface area contributed by atoms with E-state index in [0.29, 0.717) is 32.5 Å². The highest BCUT2D eigenvalue weighted by Crippen LogP contribution is 2.65. The number of piperidine rings is 1. The number of ketones is 1. The van der Waals surface area contributed by atoms with Gasteiger partial charge in [0.25, 0.3) is 5.91 Å². The topological polar surface area (TPSA) is 166 Å². The Hall–Kier alpha value is -3.64. The van der Waals surface area contributed by atoms with E-state index in [-0.39, 0.29) is 36.8 Å². The van der Waals surface area contributed by atoms with Crippen molar-refractivity contribution in [3.05, 3.63) is 12.7 Å². The number of ether oxygens (including phenoxy) is 1. The van der Waals surface area contributed by atoms with Crippen molar-refractivity contribution in [2.75, 3.05) is 32.8 Å². The molecule has 264 valence electrons. The fourth-order valence-corrected chi connectivity index (χ4v) is 6.70. The maximum absolute atomic E-state index is 14.3. The van der Waals surface area contributed by atoms with Gasteiger partial charge in [-0.25, -0.2) is 9.59 Å². The number of amides is 6. The number of nitrogens with one attached hydrogen (secondary N) is 4. The summed E-state index contributed by atoms with van der Waals surface area (Å²) in [6, 6.07) is -3.90. The van der Waals surface area contributed by atoms with Gasteiger partial charge in [0.15, 0.2) is 0 Å². The number of fused-ring (bicyclic) bond motifs is 1. The summed E-state index contributed by atoms with van der Waals surface area (Å²) in [4.78, 5) is 82.6. The molecule has 3 rings (SSSR count). The summed E-state index contributed by atoms with van der Waals surface area (Å²) in [6.45, 7) is 22.5. The summed E-state index contributed by atoms with van der Waals surface area (Å²) in [5.74, 6) is -2.50. The highest BCUT2D eigenvalue weighted by atomic mass is 16.6. The first-order valence-corrected chi connectivity index (χ1v) is 16.8. The molecule has 3 aliphatic rings. The highest BCUT2D eigenvalue weighted by molar-refractivity contribution is 6.38. The second-order valence-corrected chi connectivity index (χ2v) is 15.9. The zero-order chi connectivity index (χ0) is 35.5. The molecule has 0 aromatic rings. The third kappa shape index (κ3) is 8.84. The van der Waals surface area contributed by atoms with Gasteiger partial charge in [0, 0.05) is 26.2 Å². The quantitative estimate of drug-likeness (QED) is 0.174. The van der Waals surface area contributed by atoms with Crippen LogP contribution in [0.3, 0.4) is 0 Å². The molecule has 0 bridgehead atoms. The Bertz CT molecular complexity index is 1240. The van der Waals surface area contributed by atoms with Crippen LogP contribution in [-0.2, 0) is 23.9 Å². The molecule has 2 aliphatic heterocycles. The fourth-order valence-electron chi connectivity index (χ4n) is 6.70. The van der Waals surface area contributed by atoms with E-state index in [1.807, 2.05) is 48.5 Å². The van der Waals surface area contributed by atoms with Crippen LogP contribution in [0.5, 0.6) is 0 Å². The van der Waals surface area contributed by atoms with E-state index in [9.17, 15) is 28.8 Å². The minimum Gasteiger partial charge on any atom is -0.449 e. The lowest BCUT2D eigenvalue weighted by Gasteiger charge is -2.39. The van der Waals surface area contributed by atoms with Crippen molar-refractivity contribution in [2.45, 2.75) is 106 Å². The first-order valence-electron chi connectivity index (χ1n) is 16.8. The second kappa shape index (κ2) is 14.6. The lowest BCUT2D eigenvalue weighted by Crippen LogP contribution is -2.63. The molecule has 2 heterocycles. The van der Waals surface area contributed by atoms with Gasteiger partial charge < -0.3 is 35.8 Å². The summed E-state index contributed by atoms with van der Waals surface area (Å²) >= 11 is 0. The molecule has 0 radical (unpaired) electrons. The summed E-state index contributed by atoms with van der Waals surface area (Å²) in [5, 5.41) is 11.1. The van der Waals surface area contributed by atoms with Crippen molar-refractivity contribution in [2.24, 2.45) is 28.1 Å². The fraction of sp³-hybridized carbons (Fsp3) is 0.765. The highest BCUT2D eigenvalue weighted by Gasteiger charge is 2.70. The minimum absolute atomic E-state index is 0.0717. The normalized spacial score (nSPS) is 23.8. The second-order valence-electron chi connectivity index (χ2n) is 15.9. The van der Waals surface area contributed by atoms with Gasteiger partial charge in [0.1, 0.15) is 12.1 Å². The van der Waals surface area contributed by atoms with Crippen LogP contribution < -0.4 is 21.3 Å². The van der Waals surface area contributed by atoms with Gasteiger partial charge in [-0.05, 0) is 40.9 Å². The van der Waals surface area contributed by atoms with E-state index in [0.717, 1.165) is 0 Å². The van der Waals surface area contributed by atoms with E-state index in [1.165, 1.54) is 11.0 Å². The number of cyclic esters (lactones) is 1. The summed E-state index contributed by atoms with van der Waals surface area (Å²) in [7, 11) is 0. The van der Waals surface area contributed by atoms with E-state index >= 15 is 0 Å². The monoisotopic (exact) mass is 660 g/mol. The first kappa shape index (κ1) is 37.8. The molecule has 0 aromatic carbocycles. The van der Waals surface area contributed by atoms with Crippen molar-refractivity contribution >= 4 is 35.6 Å². The van der Waals surface area contributed by atoms with Gasteiger partial charge >= 0.3 is 12.1 Å². The molecule has 1 saturated carbocycles. The number of nitrogens with zero attached hydrogens (tertiary/aromatic N) is 2. The Morgan fingerprint density at radius 2 is 1.70 bits per heavy atom. The lowest BCUT2D eigenvalue weighted by molar-refractivity contribution is -0.145. The zero-order valence-corrected chi connectivity index (χ0v) is 29.7. The smallest absolute Gasteiger partial charge is 0.409 e. The molecule has 47 heavy (non-hydrogen) atoms. The summed E-state index contributed by atoms with van der Waals surface area (Å²) in [6.07, 6.45) is 2.56. The third-order valence-electron chi connectivity index (χ3n) is 9.80. The Morgan fingerprint density at radius 3 is 2.26 bits per heavy atom. The van der Waals surface area contributed by atoms with E-state index < -0.39 is 70.6 Å². The predicted molar refractivity (Wildman–Crippen MR) is 177 cm³/mol. The average Bonchev–Trinajstić information content (AvgIpc) is 3.28. The van der Waals surface area contributed by atoms with Crippen LogP contribution >= 0.6 is 0 Å². The Labute approximate surface area is 279 Å². The van der Waals surface area contributed by atoms with Crippen LogP contribution in [-0.4, -0.2) is 102 Å². The van der Waals surface area contributed by atoms with Crippen LogP contribution in [0.4, 0.5) is 9.59 Å². The number of rotatable bonds is 13. The molecule has 1 aliphatic carbocycles. The van der Waals surface area contributed by atoms with Crippen LogP contribution in [0.15, 0.2) is 12.7 Å². The SMILES string of the molecule is C=CCNC(=O)C(=O)C(CCC)NC(=O)[C@@H]1[C@@H]2[C@H](CN1C(=O)[C@@H](NC(=O)N[C@@H](CN1CCCOC1=O)C(C)(C)C)C(C)(C)C)C2(C)C. The van der Waals surface area contributed by atoms with Crippen LogP contribution in [0.1, 0.15) is 81.6 Å². The standard InChI is InChI=1S/C34H56N6O7/c1-11-14-21(25(41)28(43)35-15-12-2)36-27(42)24-23-20(34(23,9)10)18-40(24)29(44)26(33(6,7)8)38-30(45)37-22(32(3,4)5)19-39-16-13-17-47-31(39)46/h12,20-24,26H,2,11,13-19H2,1,3-10H3,(H,35,43)(H,36,42)(H2,37,38,45)/t20-,21?,22-,23-,24-,26+/m0/s1. The molecular weight excluding hydrogens is 604 g/mol. The Morgan fingerprint density at radius 1 is 1.04 bits per heavy atom. The third-order valence-corrected chi connectivity index (χ3v) is 9.80. The average molecular weight is 661 g/mol. The van der Waals surface area contributed by atoms with Gasteiger partial charge in [-0.3, -0.25) is 19.2 Å². The van der Waals surface area contributed by atoms with Gasteiger partial charge in [-0.15, -0.1) is 6.58 Å². The van der Waals surface area contributed by atoms with Gasteiger partial charge in [-0.1, -0.05) is 74.8 Å². The van der Waals surface area contributed by atoms with E-state index in [1.54, 1.807) is 4.90 Å². The van der Waals surface area contributed by atoms with Crippen molar-refractivity contribution in [1.82, 2.24) is 31.1 Å². The van der Waals surface area contributed by atoms with E-state index in [4.69, 9.17) is 4.74 Å². The lowest BCUT2D eigenvalue weighted by atomic mass is 9.85. The maximum Gasteiger partial charge on any atom is 0.409 e. The van der Waals surface area contributed by atoms with Crippen molar-refractivity contribution < 1.29 is 33.5 Å². The molecule has 1 unspecified atom stereocenters. The summed E-state index contributed by atoms with van der Waals surface area (Å²) in [5.41, 5.74) is -1.34. The van der Waals surface area contributed by atoms with Crippen molar-refractivity contribution in [1.29, 1.82) is 0 Å².